The van der Waals surface area contributed by atoms with Crippen LogP contribution in [-0.4, -0.2) is 31.8 Å². The number of esters is 1. The Kier molecular flexibility index (Phi) is 6.43. The molecular weight excluding hydrogens is 222 g/mol. The van der Waals surface area contributed by atoms with Crippen LogP contribution in [0.1, 0.15) is 44.9 Å². The summed E-state index contributed by atoms with van der Waals surface area (Å²) in [6.45, 7) is 0.437. The van der Waals surface area contributed by atoms with Crippen molar-refractivity contribution in [3.05, 3.63) is 0 Å². The summed E-state index contributed by atoms with van der Waals surface area (Å²) in [6, 6.07) is 0. The Morgan fingerprint density at radius 2 is 1.94 bits per heavy atom. The first-order valence-electron chi connectivity index (χ1n) is 6.23. The Bertz CT molecular complexity index is 249. The molecule has 1 saturated carbocycles. The number of hydrogen-bond donors (Lipinski definition) is 1. The fourth-order valence-corrected chi connectivity index (χ4v) is 1.92. The average Bonchev–Trinajstić information content (AvgIpc) is 2.35. The maximum absolute atomic E-state index is 11.5. The van der Waals surface area contributed by atoms with Crippen molar-refractivity contribution in [2.45, 2.75) is 51.0 Å². The predicted molar refractivity (Wildman–Crippen MR) is 62.6 cm³/mol. The van der Waals surface area contributed by atoms with E-state index < -0.39 is 6.09 Å². The van der Waals surface area contributed by atoms with Crippen LogP contribution in [0.4, 0.5) is 4.79 Å². The molecule has 0 aromatic heterocycles. The highest BCUT2D eigenvalue weighted by molar-refractivity contribution is 5.70. The van der Waals surface area contributed by atoms with Gasteiger partial charge in [0.15, 0.2) is 0 Å². The van der Waals surface area contributed by atoms with Gasteiger partial charge in [0.1, 0.15) is 6.10 Å². The van der Waals surface area contributed by atoms with Crippen molar-refractivity contribution in [2.24, 2.45) is 0 Å². The molecule has 5 nitrogen and oxygen atoms in total. The highest BCUT2D eigenvalue weighted by Gasteiger charge is 2.17. The van der Waals surface area contributed by atoms with Gasteiger partial charge < -0.3 is 14.8 Å². The van der Waals surface area contributed by atoms with Gasteiger partial charge in [0.25, 0.3) is 0 Å². The lowest BCUT2D eigenvalue weighted by Gasteiger charge is -2.21. The normalized spacial score (nSPS) is 16.3. The quantitative estimate of drug-likeness (QED) is 0.592. The second-order valence-electron chi connectivity index (χ2n) is 4.27. The van der Waals surface area contributed by atoms with Crippen LogP contribution in [0.5, 0.6) is 0 Å². The van der Waals surface area contributed by atoms with Crippen LogP contribution < -0.4 is 5.32 Å². The number of alkyl carbamates (subject to hydrolysis) is 1. The number of carbonyl (C=O) groups excluding carboxylic acids is 2. The maximum Gasteiger partial charge on any atom is 0.406 e. The van der Waals surface area contributed by atoms with E-state index in [1.807, 2.05) is 0 Å². The number of ether oxygens (including phenoxy) is 2. The molecule has 0 atom stereocenters. The predicted octanol–water partition coefficient (Wildman–Crippen LogP) is 2.00. The monoisotopic (exact) mass is 243 g/mol. The Morgan fingerprint density at radius 3 is 2.59 bits per heavy atom. The number of rotatable bonds is 5. The summed E-state index contributed by atoms with van der Waals surface area (Å²) in [5.41, 5.74) is 0. The molecule has 0 unspecified atom stereocenters. The number of carbonyl (C=O) groups is 2. The van der Waals surface area contributed by atoms with Gasteiger partial charge in [-0.1, -0.05) is 6.42 Å². The van der Waals surface area contributed by atoms with E-state index in [2.05, 4.69) is 10.1 Å². The molecule has 1 fully saturated rings. The zero-order valence-corrected chi connectivity index (χ0v) is 10.4. The summed E-state index contributed by atoms with van der Waals surface area (Å²) in [5, 5.41) is 2.52. The molecule has 0 aromatic rings. The van der Waals surface area contributed by atoms with E-state index in [1.165, 1.54) is 13.5 Å². The molecular formula is C12H21NO4. The average molecular weight is 243 g/mol. The van der Waals surface area contributed by atoms with E-state index in [0.29, 0.717) is 19.4 Å². The Hall–Kier alpha value is -1.26. The van der Waals surface area contributed by atoms with Gasteiger partial charge in [-0.25, -0.2) is 4.79 Å². The maximum atomic E-state index is 11.5. The van der Waals surface area contributed by atoms with Crippen LogP contribution in [0.3, 0.4) is 0 Å². The lowest BCUT2D eigenvalue weighted by molar-refractivity contribution is -0.150. The van der Waals surface area contributed by atoms with Crippen molar-refractivity contribution in [1.82, 2.24) is 5.32 Å². The van der Waals surface area contributed by atoms with Gasteiger partial charge in [-0.3, -0.25) is 4.79 Å². The molecule has 1 amide bonds. The van der Waals surface area contributed by atoms with Gasteiger partial charge in [-0.05, 0) is 32.1 Å². The summed E-state index contributed by atoms with van der Waals surface area (Å²) in [5.74, 6) is -0.163. The molecule has 0 heterocycles. The zero-order chi connectivity index (χ0) is 12.5. The van der Waals surface area contributed by atoms with E-state index >= 15 is 0 Å². The first-order chi connectivity index (χ1) is 8.22. The Balaban J connectivity index is 2.02. The van der Waals surface area contributed by atoms with E-state index in [-0.39, 0.29) is 12.1 Å². The number of hydrogen-bond acceptors (Lipinski definition) is 4. The third-order valence-corrected chi connectivity index (χ3v) is 2.86. The summed E-state index contributed by atoms with van der Waals surface area (Å²) in [7, 11) is 1.31. The molecule has 0 saturated heterocycles. The van der Waals surface area contributed by atoms with Crippen LogP contribution in [0.25, 0.3) is 0 Å². The third kappa shape index (κ3) is 6.14. The lowest BCUT2D eigenvalue weighted by Crippen LogP contribution is -2.25. The number of amides is 1. The summed E-state index contributed by atoms with van der Waals surface area (Å²) >= 11 is 0. The van der Waals surface area contributed by atoms with Gasteiger partial charge in [0.05, 0.1) is 7.11 Å². The van der Waals surface area contributed by atoms with Crippen LogP contribution in [-0.2, 0) is 14.3 Å². The molecule has 0 aromatic carbocycles. The van der Waals surface area contributed by atoms with Gasteiger partial charge in [0, 0.05) is 13.0 Å². The fourth-order valence-electron chi connectivity index (χ4n) is 1.92. The molecule has 0 radical (unpaired) electrons. The lowest BCUT2D eigenvalue weighted by atomic mass is 9.98. The van der Waals surface area contributed by atoms with E-state index in [9.17, 15) is 9.59 Å². The second kappa shape index (κ2) is 7.92. The van der Waals surface area contributed by atoms with Crippen molar-refractivity contribution >= 4 is 12.1 Å². The van der Waals surface area contributed by atoms with E-state index in [4.69, 9.17) is 4.74 Å². The minimum Gasteiger partial charge on any atom is -0.462 e. The highest BCUT2D eigenvalue weighted by atomic mass is 16.5. The number of nitrogens with one attached hydrogen (secondary N) is 1. The first-order valence-corrected chi connectivity index (χ1v) is 6.23. The fraction of sp³-hybridized carbons (Fsp3) is 0.833. The smallest absolute Gasteiger partial charge is 0.406 e. The van der Waals surface area contributed by atoms with Crippen molar-refractivity contribution < 1.29 is 19.1 Å². The minimum absolute atomic E-state index is 0.116. The molecule has 1 aliphatic carbocycles. The minimum atomic E-state index is -0.467. The molecule has 98 valence electrons. The second-order valence-corrected chi connectivity index (χ2v) is 4.27. The van der Waals surface area contributed by atoms with Crippen molar-refractivity contribution in [3.63, 3.8) is 0 Å². The number of methoxy groups -OCH3 is 1. The molecule has 1 N–H and O–H groups in total. The molecule has 0 bridgehead atoms. The molecule has 5 heteroatoms. The van der Waals surface area contributed by atoms with Crippen molar-refractivity contribution in [2.75, 3.05) is 13.7 Å². The third-order valence-electron chi connectivity index (χ3n) is 2.86. The Labute approximate surface area is 102 Å². The van der Waals surface area contributed by atoms with Crippen LogP contribution in [0.2, 0.25) is 0 Å². The van der Waals surface area contributed by atoms with Gasteiger partial charge in [-0.2, -0.15) is 0 Å². The largest absolute Gasteiger partial charge is 0.462 e. The van der Waals surface area contributed by atoms with Gasteiger partial charge >= 0.3 is 12.1 Å². The Morgan fingerprint density at radius 1 is 1.24 bits per heavy atom. The standard InChI is InChI=1S/C12H21NO4/c1-16-12(15)13-9-5-8-11(14)17-10-6-3-2-4-7-10/h10H,2-9H2,1H3,(H,13,15). The molecule has 17 heavy (non-hydrogen) atoms. The van der Waals surface area contributed by atoms with E-state index in [1.54, 1.807) is 0 Å². The van der Waals surface area contributed by atoms with Crippen LogP contribution in [0.15, 0.2) is 0 Å². The van der Waals surface area contributed by atoms with Crippen LogP contribution in [0, 0.1) is 0 Å². The van der Waals surface area contributed by atoms with Crippen LogP contribution >= 0.6 is 0 Å². The summed E-state index contributed by atoms with van der Waals surface area (Å²) in [6.07, 6.45) is 6.12. The summed E-state index contributed by atoms with van der Waals surface area (Å²) in [4.78, 5) is 22.2. The van der Waals surface area contributed by atoms with Gasteiger partial charge in [0.2, 0.25) is 0 Å². The first kappa shape index (κ1) is 13.8. The zero-order valence-electron chi connectivity index (χ0n) is 10.4. The SMILES string of the molecule is COC(=O)NCCCC(=O)OC1CCCCC1. The highest BCUT2D eigenvalue weighted by Crippen LogP contribution is 2.20. The van der Waals surface area contributed by atoms with E-state index in [0.717, 1.165) is 25.7 Å². The topological polar surface area (TPSA) is 64.6 Å². The van der Waals surface area contributed by atoms with Crippen molar-refractivity contribution in [3.8, 4) is 0 Å². The van der Waals surface area contributed by atoms with Crippen molar-refractivity contribution in [1.29, 1.82) is 0 Å². The van der Waals surface area contributed by atoms with Gasteiger partial charge in [-0.15, -0.1) is 0 Å². The molecule has 0 spiro atoms. The molecule has 0 aliphatic heterocycles. The summed E-state index contributed by atoms with van der Waals surface area (Å²) < 4.78 is 9.75. The molecule has 1 aliphatic rings. The molecule has 1 rings (SSSR count).